The molecule has 4 rings (SSSR count). The Kier molecular flexibility index (Phi) is 4.31. The largest absolute Gasteiger partial charge is 0.348 e. The highest BCUT2D eigenvalue weighted by Crippen LogP contribution is 2.36. The maximum Gasteiger partial charge on any atom is 0.325 e. The number of aryl methyl sites for hydroxylation is 1. The summed E-state index contributed by atoms with van der Waals surface area (Å²) < 4.78 is 1.67. The van der Waals surface area contributed by atoms with E-state index < -0.39 is 17.5 Å². The Morgan fingerprint density at radius 3 is 1.96 bits per heavy atom. The van der Waals surface area contributed by atoms with Crippen molar-refractivity contribution in [2.45, 2.75) is 5.54 Å². The SMILES string of the molecule is Cn1cccc1C(=O)CN1C(=O)NC(c2ccccc2)(c2ccccc2)C1=O. The zero-order valence-corrected chi connectivity index (χ0v) is 15.3. The predicted octanol–water partition coefficient (Wildman–Crippen LogP) is 2.70. The van der Waals surface area contributed by atoms with Gasteiger partial charge in [-0.05, 0) is 23.3 Å². The fourth-order valence-electron chi connectivity index (χ4n) is 3.63. The summed E-state index contributed by atoms with van der Waals surface area (Å²) in [7, 11) is 1.75. The van der Waals surface area contributed by atoms with Crippen molar-refractivity contribution in [3.05, 3.63) is 95.8 Å². The van der Waals surface area contributed by atoms with E-state index in [9.17, 15) is 14.4 Å². The number of urea groups is 1. The maximum atomic E-state index is 13.5. The van der Waals surface area contributed by atoms with Crippen LogP contribution in [0.4, 0.5) is 4.79 Å². The van der Waals surface area contributed by atoms with E-state index in [-0.39, 0.29) is 12.3 Å². The van der Waals surface area contributed by atoms with Gasteiger partial charge in [-0.15, -0.1) is 0 Å². The molecule has 1 aliphatic rings. The Morgan fingerprint density at radius 2 is 1.46 bits per heavy atom. The van der Waals surface area contributed by atoms with Gasteiger partial charge in [0, 0.05) is 13.2 Å². The van der Waals surface area contributed by atoms with Gasteiger partial charge >= 0.3 is 6.03 Å². The van der Waals surface area contributed by atoms with E-state index in [0.717, 1.165) is 4.90 Å². The van der Waals surface area contributed by atoms with Crippen molar-refractivity contribution in [3.63, 3.8) is 0 Å². The van der Waals surface area contributed by atoms with Gasteiger partial charge in [0.1, 0.15) is 0 Å². The summed E-state index contributed by atoms with van der Waals surface area (Å²) in [5, 5.41) is 2.84. The first-order valence-corrected chi connectivity index (χ1v) is 8.94. The molecule has 3 aromatic rings. The number of rotatable bonds is 5. The lowest BCUT2D eigenvalue weighted by Crippen LogP contribution is -2.45. The van der Waals surface area contributed by atoms with Crippen molar-refractivity contribution in [2.24, 2.45) is 7.05 Å². The van der Waals surface area contributed by atoms with Crippen LogP contribution in [0.5, 0.6) is 0 Å². The summed E-state index contributed by atoms with van der Waals surface area (Å²) in [5.74, 6) is -0.759. The molecular formula is C22H19N3O3. The quantitative estimate of drug-likeness (QED) is 0.552. The Hall–Kier alpha value is -3.67. The first-order valence-electron chi connectivity index (χ1n) is 8.94. The van der Waals surface area contributed by atoms with Crippen LogP contribution in [0.1, 0.15) is 21.6 Å². The lowest BCUT2D eigenvalue weighted by molar-refractivity contribution is -0.129. The number of imide groups is 1. The van der Waals surface area contributed by atoms with Crippen molar-refractivity contribution >= 4 is 17.7 Å². The molecule has 1 aliphatic heterocycles. The van der Waals surface area contributed by atoms with E-state index in [2.05, 4.69) is 5.32 Å². The number of benzene rings is 2. The average Bonchev–Trinajstić information content (AvgIpc) is 3.26. The molecule has 0 aliphatic carbocycles. The molecule has 6 heteroatoms. The third-order valence-electron chi connectivity index (χ3n) is 5.05. The normalized spacial score (nSPS) is 15.5. The number of nitrogens with zero attached hydrogens (tertiary/aromatic N) is 2. The summed E-state index contributed by atoms with van der Waals surface area (Å²) in [5.41, 5.74) is 0.382. The molecule has 0 radical (unpaired) electrons. The first-order chi connectivity index (χ1) is 13.5. The molecule has 1 aromatic heterocycles. The minimum Gasteiger partial charge on any atom is -0.348 e. The maximum absolute atomic E-state index is 13.5. The summed E-state index contributed by atoms with van der Waals surface area (Å²) in [6, 6.07) is 21.0. The van der Waals surface area contributed by atoms with Crippen LogP contribution in [0, 0.1) is 0 Å². The third kappa shape index (κ3) is 2.70. The number of carbonyl (C=O) groups is 3. The predicted molar refractivity (Wildman–Crippen MR) is 104 cm³/mol. The number of aromatic nitrogens is 1. The smallest absolute Gasteiger partial charge is 0.325 e. The first kappa shape index (κ1) is 17.7. The molecule has 1 saturated heterocycles. The van der Waals surface area contributed by atoms with E-state index in [1.165, 1.54) is 0 Å². The number of Topliss-reactive ketones (excluding diaryl/α,β-unsaturated/α-hetero) is 1. The summed E-state index contributed by atoms with van der Waals surface area (Å²) >= 11 is 0. The van der Waals surface area contributed by atoms with Gasteiger partial charge in [-0.25, -0.2) is 4.79 Å². The summed E-state index contributed by atoms with van der Waals surface area (Å²) in [6.45, 7) is -0.316. The molecule has 1 N–H and O–H groups in total. The van der Waals surface area contributed by atoms with Gasteiger partial charge in [-0.1, -0.05) is 60.7 Å². The average molecular weight is 373 g/mol. The highest BCUT2D eigenvalue weighted by atomic mass is 16.2. The minimum absolute atomic E-state index is 0.298. The second-order valence-corrected chi connectivity index (χ2v) is 6.73. The summed E-state index contributed by atoms with van der Waals surface area (Å²) in [6.07, 6.45) is 1.75. The van der Waals surface area contributed by atoms with Crippen molar-refractivity contribution in [2.75, 3.05) is 6.54 Å². The van der Waals surface area contributed by atoms with Crippen LogP contribution < -0.4 is 5.32 Å². The van der Waals surface area contributed by atoms with Crippen molar-refractivity contribution in [1.29, 1.82) is 0 Å². The van der Waals surface area contributed by atoms with Crippen LogP contribution in [0.3, 0.4) is 0 Å². The van der Waals surface area contributed by atoms with E-state index in [4.69, 9.17) is 0 Å². The molecule has 1 fully saturated rings. The van der Waals surface area contributed by atoms with Gasteiger partial charge in [-0.3, -0.25) is 14.5 Å². The van der Waals surface area contributed by atoms with E-state index in [0.29, 0.717) is 16.8 Å². The van der Waals surface area contributed by atoms with Gasteiger partial charge in [0.15, 0.2) is 11.3 Å². The molecule has 0 saturated carbocycles. The number of carbonyl (C=O) groups excluding carboxylic acids is 3. The number of nitrogens with one attached hydrogen (secondary N) is 1. The second kappa shape index (κ2) is 6.81. The minimum atomic E-state index is -1.35. The molecule has 6 nitrogen and oxygen atoms in total. The van der Waals surface area contributed by atoms with Gasteiger partial charge in [0.05, 0.1) is 12.2 Å². The molecular weight excluding hydrogens is 354 g/mol. The fraction of sp³-hybridized carbons (Fsp3) is 0.136. The standard InChI is InChI=1S/C22H19N3O3/c1-24-14-8-13-18(24)19(26)15-25-20(27)22(23-21(25)28,16-9-4-2-5-10-16)17-11-6-3-7-12-17/h2-14H,15H2,1H3,(H,23,28). The van der Waals surface area contributed by atoms with Gasteiger partial charge in [0.2, 0.25) is 0 Å². The van der Waals surface area contributed by atoms with Crippen LogP contribution >= 0.6 is 0 Å². The molecule has 0 unspecified atom stereocenters. The third-order valence-corrected chi connectivity index (χ3v) is 5.05. The van der Waals surface area contributed by atoms with Crippen LogP contribution in [-0.4, -0.2) is 33.7 Å². The molecule has 140 valence electrons. The van der Waals surface area contributed by atoms with Crippen molar-refractivity contribution in [1.82, 2.24) is 14.8 Å². The highest BCUT2D eigenvalue weighted by molar-refractivity contribution is 6.12. The van der Waals surface area contributed by atoms with Gasteiger partial charge < -0.3 is 9.88 Å². The molecule has 0 bridgehead atoms. The molecule has 0 atom stereocenters. The molecule has 28 heavy (non-hydrogen) atoms. The van der Waals surface area contributed by atoms with Gasteiger partial charge in [-0.2, -0.15) is 0 Å². The highest BCUT2D eigenvalue weighted by Gasteiger charge is 2.54. The van der Waals surface area contributed by atoms with Crippen LogP contribution in [0.25, 0.3) is 0 Å². The lowest BCUT2D eigenvalue weighted by atomic mass is 9.82. The van der Waals surface area contributed by atoms with E-state index in [1.54, 1.807) is 54.2 Å². The molecule has 0 spiro atoms. The molecule has 2 heterocycles. The number of hydrogen-bond acceptors (Lipinski definition) is 3. The van der Waals surface area contributed by atoms with Crippen molar-refractivity contribution in [3.8, 4) is 0 Å². The molecule has 2 aromatic carbocycles. The van der Waals surface area contributed by atoms with Gasteiger partial charge in [0.25, 0.3) is 5.91 Å². The zero-order chi connectivity index (χ0) is 19.7. The van der Waals surface area contributed by atoms with Crippen molar-refractivity contribution < 1.29 is 14.4 Å². The zero-order valence-electron chi connectivity index (χ0n) is 15.3. The topological polar surface area (TPSA) is 71.4 Å². The second-order valence-electron chi connectivity index (χ2n) is 6.73. The monoisotopic (exact) mass is 373 g/mol. The Bertz CT molecular complexity index is 1000. The van der Waals surface area contributed by atoms with Crippen LogP contribution in [-0.2, 0) is 17.4 Å². The lowest BCUT2D eigenvalue weighted by Gasteiger charge is -2.28. The molecule has 3 amide bonds. The Labute approximate surface area is 162 Å². The fourth-order valence-corrected chi connectivity index (χ4v) is 3.63. The van der Waals surface area contributed by atoms with E-state index >= 15 is 0 Å². The number of amides is 3. The van der Waals surface area contributed by atoms with Crippen LogP contribution in [0.15, 0.2) is 79.0 Å². The number of hydrogen-bond donors (Lipinski definition) is 1. The van der Waals surface area contributed by atoms with Crippen LogP contribution in [0.2, 0.25) is 0 Å². The summed E-state index contributed by atoms with van der Waals surface area (Å²) in [4.78, 5) is 39.9. The number of ketones is 1. The Balaban J connectivity index is 1.75. The van der Waals surface area contributed by atoms with E-state index in [1.807, 2.05) is 36.4 Å². The Morgan fingerprint density at radius 1 is 0.893 bits per heavy atom.